The molecule has 1 aromatic heterocycles. The van der Waals surface area contributed by atoms with E-state index in [1.54, 1.807) is 13.2 Å². The quantitative estimate of drug-likeness (QED) is 0.732. The third kappa shape index (κ3) is 3.21. The molecule has 0 atom stereocenters. The first-order valence-electron chi connectivity index (χ1n) is 5.59. The lowest BCUT2D eigenvalue weighted by molar-refractivity contribution is 0.187. The van der Waals surface area contributed by atoms with E-state index >= 15 is 0 Å². The topological polar surface area (TPSA) is 39.9 Å². The lowest BCUT2D eigenvalue weighted by Crippen LogP contribution is -2.09. The molecule has 7 heteroatoms. The molecular formula is C12H12Br2FN3O. The lowest BCUT2D eigenvalue weighted by atomic mass is 10.2. The molecule has 0 fully saturated rings. The molecule has 0 radical (unpaired) electrons. The number of nitrogens with zero attached hydrogens (tertiary/aromatic N) is 3. The van der Waals surface area contributed by atoms with E-state index in [4.69, 9.17) is 4.74 Å². The highest BCUT2D eigenvalue weighted by atomic mass is 79.9. The third-order valence-electron chi connectivity index (χ3n) is 2.64. The smallest absolute Gasteiger partial charge is 0.165 e. The summed E-state index contributed by atoms with van der Waals surface area (Å²) in [6, 6.07) is 4.51. The second kappa shape index (κ2) is 6.58. The molecule has 19 heavy (non-hydrogen) atoms. The maximum absolute atomic E-state index is 13.1. The van der Waals surface area contributed by atoms with Gasteiger partial charge in [0.25, 0.3) is 0 Å². The van der Waals surface area contributed by atoms with Gasteiger partial charge in [0.1, 0.15) is 11.6 Å². The minimum atomic E-state index is -0.292. The molecule has 0 unspecified atom stereocenters. The maximum Gasteiger partial charge on any atom is 0.165 e. The number of methoxy groups -OCH3 is 1. The molecular weight excluding hydrogens is 381 g/mol. The Balaban J connectivity index is 2.46. The van der Waals surface area contributed by atoms with Crippen molar-refractivity contribution in [3.05, 3.63) is 34.3 Å². The Morgan fingerprint density at radius 1 is 1.37 bits per heavy atom. The molecule has 0 saturated carbocycles. The van der Waals surface area contributed by atoms with Crippen molar-refractivity contribution in [1.29, 1.82) is 0 Å². The summed E-state index contributed by atoms with van der Waals surface area (Å²) in [6.45, 7) is 1.20. The maximum atomic E-state index is 13.1. The Morgan fingerprint density at radius 3 is 2.79 bits per heavy atom. The summed E-state index contributed by atoms with van der Waals surface area (Å²) in [7, 11) is 1.64. The number of benzene rings is 1. The van der Waals surface area contributed by atoms with Gasteiger partial charge in [0.2, 0.25) is 0 Å². The standard InChI is InChI=1S/C12H12Br2FN3O/c1-19-5-4-18-11(7-13)16-17-12(18)9-3-2-8(15)6-10(9)14/h2-3,6H,4-5,7H2,1H3. The molecule has 2 aromatic rings. The van der Waals surface area contributed by atoms with Crippen LogP contribution in [0, 0.1) is 5.82 Å². The molecule has 0 aliphatic rings. The zero-order chi connectivity index (χ0) is 13.8. The van der Waals surface area contributed by atoms with Gasteiger partial charge in [0.05, 0.1) is 11.9 Å². The summed E-state index contributed by atoms with van der Waals surface area (Å²) >= 11 is 6.73. The van der Waals surface area contributed by atoms with Crippen LogP contribution in [0.1, 0.15) is 5.82 Å². The van der Waals surface area contributed by atoms with E-state index in [-0.39, 0.29) is 5.82 Å². The van der Waals surface area contributed by atoms with Gasteiger partial charge in [-0.25, -0.2) is 4.39 Å². The Morgan fingerprint density at radius 2 is 2.16 bits per heavy atom. The van der Waals surface area contributed by atoms with Crippen molar-refractivity contribution in [3.63, 3.8) is 0 Å². The van der Waals surface area contributed by atoms with Gasteiger partial charge in [0.15, 0.2) is 5.82 Å². The highest BCUT2D eigenvalue weighted by Gasteiger charge is 2.15. The zero-order valence-corrected chi connectivity index (χ0v) is 13.4. The van der Waals surface area contributed by atoms with E-state index in [0.29, 0.717) is 28.8 Å². The van der Waals surface area contributed by atoms with Gasteiger partial charge in [-0.2, -0.15) is 0 Å². The lowest BCUT2D eigenvalue weighted by Gasteiger charge is -2.10. The number of alkyl halides is 1. The van der Waals surface area contributed by atoms with Crippen molar-refractivity contribution in [1.82, 2.24) is 14.8 Å². The number of ether oxygens (including phenoxy) is 1. The Kier molecular flexibility index (Phi) is 5.06. The predicted molar refractivity (Wildman–Crippen MR) is 77.6 cm³/mol. The summed E-state index contributed by atoms with van der Waals surface area (Å²) in [6.07, 6.45) is 0. The van der Waals surface area contributed by atoms with Gasteiger partial charge >= 0.3 is 0 Å². The van der Waals surface area contributed by atoms with Crippen molar-refractivity contribution in [2.45, 2.75) is 11.9 Å². The Bertz CT molecular complexity index is 574. The molecule has 0 spiro atoms. The van der Waals surface area contributed by atoms with E-state index < -0.39 is 0 Å². The molecule has 1 heterocycles. The van der Waals surface area contributed by atoms with Crippen LogP contribution < -0.4 is 0 Å². The first kappa shape index (κ1) is 14.6. The summed E-state index contributed by atoms with van der Waals surface area (Å²) in [4.78, 5) is 0. The number of hydrogen-bond donors (Lipinski definition) is 0. The van der Waals surface area contributed by atoms with Crippen molar-refractivity contribution < 1.29 is 9.13 Å². The minimum Gasteiger partial charge on any atom is -0.383 e. The first-order chi connectivity index (χ1) is 9.17. The minimum absolute atomic E-state index is 0.292. The van der Waals surface area contributed by atoms with Crippen molar-refractivity contribution in [2.75, 3.05) is 13.7 Å². The SMILES string of the molecule is COCCn1c(CBr)nnc1-c1ccc(F)cc1Br. The van der Waals surface area contributed by atoms with Crippen LogP contribution in [0.5, 0.6) is 0 Å². The normalized spacial score (nSPS) is 10.9. The molecule has 0 N–H and O–H groups in total. The van der Waals surface area contributed by atoms with Crippen LogP contribution >= 0.6 is 31.9 Å². The molecule has 0 aliphatic heterocycles. The Hall–Kier alpha value is -0.790. The fourth-order valence-electron chi connectivity index (χ4n) is 1.72. The second-order valence-electron chi connectivity index (χ2n) is 3.84. The molecule has 0 bridgehead atoms. The summed E-state index contributed by atoms with van der Waals surface area (Å²) < 4.78 is 20.8. The molecule has 0 amide bonds. The van der Waals surface area contributed by atoms with Gasteiger partial charge in [-0.15, -0.1) is 10.2 Å². The number of aromatic nitrogens is 3. The van der Waals surface area contributed by atoms with Crippen LogP contribution in [-0.2, 0) is 16.6 Å². The van der Waals surface area contributed by atoms with E-state index in [1.807, 2.05) is 4.57 Å². The van der Waals surface area contributed by atoms with E-state index in [1.165, 1.54) is 12.1 Å². The predicted octanol–water partition coefficient (Wildman–Crippen LogP) is 3.39. The number of rotatable bonds is 5. The van der Waals surface area contributed by atoms with Gasteiger partial charge in [-0.1, -0.05) is 15.9 Å². The fraction of sp³-hybridized carbons (Fsp3) is 0.333. The molecule has 0 aliphatic carbocycles. The molecule has 1 aromatic carbocycles. The highest BCUT2D eigenvalue weighted by Crippen LogP contribution is 2.28. The number of hydrogen-bond acceptors (Lipinski definition) is 3. The van der Waals surface area contributed by atoms with Gasteiger partial charge in [-0.3, -0.25) is 0 Å². The third-order valence-corrected chi connectivity index (χ3v) is 3.80. The summed E-state index contributed by atoms with van der Waals surface area (Å²) in [5, 5.41) is 8.90. The van der Waals surface area contributed by atoms with Gasteiger partial charge in [-0.05, 0) is 34.1 Å². The van der Waals surface area contributed by atoms with Gasteiger partial charge < -0.3 is 9.30 Å². The molecule has 0 saturated heterocycles. The number of halogens is 3. The monoisotopic (exact) mass is 391 g/mol. The van der Waals surface area contributed by atoms with Crippen LogP contribution in [0.2, 0.25) is 0 Å². The average Bonchev–Trinajstić information content (AvgIpc) is 2.79. The van der Waals surface area contributed by atoms with Crippen LogP contribution in [0.15, 0.2) is 22.7 Å². The Labute approximate surface area is 127 Å². The van der Waals surface area contributed by atoms with Crippen LogP contribution in [0.4, 0.5) is 4.39 Å². The first-order valence-corrected chi connectivity index (χ1v) is 7.51. The van der Waals surface area contributed by atoms with Crippen molar-refractivity contribution in [2.24, 2.45) is 0 Å². The van der Waals surface area contributed by atoms with Crippen molar-refractivity contribution >= 4 is 31.9 Å². The molecule has 102 valence electrons. The summed E-state index contributed by atoms with van der Waals surface area (Å²) in [5.41, 5.74) is 0.803. The van der Waals surface area contributed by atoms with E-state index in [2.05, 4.69) is 42.1 Å². The van der Waals surface area contributed by atoms with E-state index in [9.17, 15) is 4.39 Å². The van der Waals surface area contributed by atoms with Crippen LogP contribution in [-0.4, -0.2) is 28.5 Å². The van der Waals surface area contributed by atoms with Crippen LogP contribution in [0.3, 0.4) is 0 Å². The van der Waals surface area contributed by atoms with Crippen LogP contribution in [0.25, 0.3) is 11.4 Å². The zero-order valence-electron chi connectivity index (χ0n) is 10.2. The van der Waals surface area contributed by atoms with E-state index in [0.717, 1.165) is 11.4 Å². The van der Waals surface area contributed by atoms with Gasteiger partial charge in [0, 0.05) is 23.7 Å². The summed E-state index contributed by atoms with van der Waals surface area (Å²) in [5.74, 6) is 1.21. The second-order valence-corrected chi connectivity index (χ2v) is 5.26. The largest absolute Gasteiger partial charge is 0.383 e. The average molecular weight is 393 g/mol. The molecule has 4 nitrogen and oxygen atoms in total. The highest BCUT2D eigenvalue weighted by molar-refractivity contribution is 9.10. The molecule has 2 rings (SSSR count). The fourth-order valence-corrected chi connectivity index (χ4v) is 2.66. The van der Waals surface area contributed by atoms with Crippen molar-refractivity contribution in [3.8, 4) is 11.4 Å².